The normalized spacial score (nSPS) is 26.8. The number of carbonyl (C=O) groups is 2. The van der Waals surface area contributed by atoms with Crippen LogP contribution in [-0.2, 0) is 21.1 Å². The summed E-state index contributed by atoms with van der Waals surface area (Å²) in [7, 11) is 0. The van der Waals surface area contributed by atoms with Crippen LogP contribution in [0.1, 0.15) is 85.6 Å². The maximum absolute atomic E-state index is 14.9. The maximum atomic E-state index is 14.9. The minimum Gasteiger partial charge on any atom is -0.490 e. The van der Waals surface area contributed by atoms with E-state index in [1.165, 1.54) is 6.92 Å². The molecule has 282 valence electrons. The number of carboxylic acids is 1. The molecule has 0 radical (unpaired) electrons. The number of amides is 1. The van der Waals surface area contributed by atoms with Gasteiger partial charge in [-0.25, -0.2) is 24.7 Å². The van der Waals surface area contributed by atoms with Gasteiger partial charge in [0.1, 0.15) is 17.4 Å². The number of aliphatic carboxylic acids is 1. The van der Waals surface area contributed by atoms with E-state index in [-0.39, 0.29) is 41.9 Å². The smallest absolute Gasteiger partial charge is 0.434 e. The Morgan fingerprint density at radius 2 is 1.77 bits per heavy atom. The van der Waals surface area contributed by atoms with Crippen molar-refractivity contribution in [1.82, 2.24) is 25.3 Å². The van der Waals surface area contributed by atoms with Crippen molar-refractivity contribution in [2.45, 2.75) is 88.4 Å². The lowest BCUT2D eigenvalue weighted by atomic mass is 9.76. The molecule has 15 heteroatoms. The van der Waals surface area contributed by atoms with E-state index in [2.05, 4.69) is 30.2 Å². The molecule has 1 amide bonds. The Morgan fingerprint density at radius 3 is 2.47 bits per heavy atom. The van der Waals surface area contributed by atoms with E-state index in [1.54, 1.807) is 23.4 Å². The van der Waals surface area contributed by atoms with Crippen molar-refractivity contribution in [3.05, 3.63) is 59.2 Å². The van der Waals surface area contributed by atoms with Gasteiger partial charge in [0.05, 0.1) is 11.3 Å². The van der Waals surface area contributed by atoms with Crippen molar-refractivity contribution < 1.29 is 37.3 Å². The van der Waals surface area contributed by atoms with Crippen molar-refractivity contribution in [3.8, 4) is 5.75 Å². The predicted octanol–water partition coefficient (Wildman–Crippen LogP) is 5.85. The van der Waals surface area contributed by atoms with Crippen molar-refractivity contribution in [2.75, 3.05) is 42.6 Å². The highest BCUT2D eigenvalue weighted by Gasteiger charge is 2.57. The summed E-state index contributed by atoms with van der Waals surface area (Å²) >= 11 is 0. The van der Waals surface area contributed by atoms with Gasteiger partial charge in [-0.1, -0.05) is 6.92 Å². The Hall–Kier alpha value is -4.53. The first kappa shape index (κ1) is 35.5. The van der Waals surface area contributed by atoms with E-state index in [1.807, 2.05) is 25.1 Å². The van der Waals surface area contributed by atoms with Gasteiger partial charge < -0.3 is 29.7 Å². The highest BCUT2D eigenvalue weighted by atomic mass is 19.4. The Kier molecular flexibility index (Phi) is 8.97. The van der Waals surface area contributed by atoms with Gasteiger partial charge in [0.25, 0.3) is 5.91 Å². The van der Waals surface area contributed by atoms with Crippen LogP contribution in [0.25, 0.3) is 0 Å². The fourth-order valence-corrected chi connectivity index (χ4v) is 9.74. The monoisotopic (exact) mass is 735 g/mol. The Morgan fingerprint density at radius 1 is 1.04 bits per heavy atom. The first-order valence-corrected chi connectivity index (χ1v) is 18.6. The molecule has 5 heterocycles. The van der Waals surface area contributed by atoms with Crippen LogP contribution < -0.4 is 19.9 Å². The number of benzene rings is 1. The lowest BCUT2D eigenvalue weighted by Gasteiger charge is -2.35. The van der Waals surface area contributed by atoms with E-state index in [9.17, 15) is 27.9 Å². The number of hydrogen-bond donors (Lipinski definition) is 2. The van der Waals surface area contributed by atoms with Gasteiger partial charge in [-0.2, -0.15) is 13.2 Å². The van der Waals surface area contributed by atoms with Crippen LogP contribution in [0.15, 0.2) is 36.7 Å². The summed E-state index contributed by atoms with van der Waals surface area (Å²) in [6, 6.07) is 7.47. The van der Waals surface area contributed by atoms with Gasteiger partial charge in [-0.3, -0.25) is 4.79 Å². The molecule has 4 atom stereocenters. The zero-order valence-electron chi connectivity index (χ0n) is 29.9. The predicted molar refractivity (Wildman–Crippen MR) is 187 cm³/mol. The molecule has 3 aliphatic heterocycles. The van der Waals surface area contributed by atoms with Crippen LogP contribution >= 0.6 is 0 Å². The van der Waals surface area contributed by atoms with E-state index in [0.717, 1.165) is 37.9 Å². The molecule has 2 saturated carbocycles. The SMILES string of the molecule is Cc1nc(N2CC3(CCOCC3)c3cc(OC4CCN(c5ncccn5)CC4)ccc32)nc(C(F)(F)F)c1C(=O)NC1(C(=O)O)CC2CC(C)CC1C2. The molecule has 1 aromatic carbocycles. The highest BCUT2D eigenvalue weighted by molar-refractivity contribution is 6.00. The number of rotatable bonds is 7. The van der Waals surface area contributed by atoms with Gasteiger partial charge >= 0.3 is 12.1 Å². The summed E-state index contributed by atoms with van der Waals surface area (Å²) in [5.41, 5.74) is -2.75. The third-order valence-corrected chi connectivity index (χ3v) is 12.2. The van der Waals surface area contributed by atoms with Gasteiger partial charge in [0, 0.05) is 69.2 Å². The molecular formula is C38H44F3N7O5. The lowest BCUT2D eigenvalue weighted by molar-refractivity contribution is -0.146. The summed E-state index contributed by atoms with van der Waals surface area (Å²) in [5, 5.41) is 12.9. The van der Waals surface area contributed by atoms with Crippen LogP contribution in [0.4, 0.5) is 30.8 Å². The number of carboxylic acid groups (broad SMARTS) is 1. The zero-order chi connectivity index (χ0) is 37.1. The Bertz CT molecular complexity index is 1880. The molecule has 2 aromatic heterocycles. The number of piperidine rings is 1. The standard InChI is InChI=1S/C38H44F3N7O5/c1-22-16-24-18-25(17-22)37(20-24,33(50)51)46-32(49)30-23(2)44-35(45-31(30)38(39,40)41)48-21-36(8-14-52-15-9-36)28-19-27(4-5-29(28)48)53-26-6-12-47(13-7-26)34-42-10-3-11-43-34/h3-5,10-11,19,22,24-26H,6-9,12-18,20-21H2,1-2H3,(H,46,49)(H,50,51). The van der Waals surface area contributed by atoms with Gasteiger partial charge in [0.15, 0.2) is 5.69 Å². The molecule has 53 heavy (non-hydrogen) atoms. The number of halogens is 3. The maximum Gasteiger partial charge on any atom is 0.434 e. The average molecular weight is 736 g/mol. The van der Waals surface area contributed by atoms with Crippen LogP contribution in [0, 0.1) is 24.7 Å². The Balaban J connectivity index is 1.08. The van der Waals surface area contributed by atoms with E-state index >= 15 is 0 Å². The van der Waals surface area contributed by atoms with Crippen molar-refractivity contribution in [2.24, 2.45) is 17.8 Å². The second-order valence-corrected chi connectivity index (χ2v) is 15.7. The number of fused-ring (bicyclic) bond motifs is 4. The number of nitrogens with zero attached hydrogens (tertiary/aromatic N) is 6. The van der Waals surface area contributed by atoms with Gasteiger partial charge in [-0.05, 0) is 93.0 Å². The van der Waals surface area contributed by atoms with Crippen molar-refractivity contribution in [1.29, 1.82) is 0 Å². The summed E-state index contributed by atoms with van der Waals surface area (Å²) in [6.07, 6.45) is 3.50. The van der Waals surface area contributed by atoms with Crippen LogP contribution in [0.5, 0.6) is 5.75 Å². The second kappa shape index (κ2) is 13.4. The molecule has 12 nitrogen and oxygen atoms in total. The molecular weight excluding hydrogens is 691 g/mol. The molecule has 1 spiro atoms. The molecule has 2 bridgehead atoms. The van der Waals surface area contributed by atoms with Gasteiger partial charge in [-0.15, -0.1) is 0 Å². The second-order valence-electron chi connectivity index (χ2n) is 15.7. The van der Waals surface area contributed by atoms with E-state index < -0.39 is 40.3 Å². The quantitative estimate of drug-likeness (QED) is 0.302. The number of alkyl halides is 3. The summed E-state index contributed by atoms with van der Waals surface area (Å²) in [4.78, 5) is 47.7. The van der Waals surface area contributed by atoms with Crippen molar-refractivity contribution >= 4 is 29.5 Å². The molecule has 2 aliphatic carbocycles. The Labute approximate surface area is 305 Å². The first-order chi connectivity index (χ1) is 25.3. The zero-order valence-corrected chi connectivity index (χ0v) is 29.9. The molecule has 2 N–H and O–H groups in total. The molecule has 4 unspecified atom stereocenters. The average Bonchev–Trinajstić information content (AvgIpc) is 3.58. The number of hydrogen-bond acceptors (Lipinski definition) is 10. The number of anilines is 3. The third kappa shape index (κ3) is 6.44. The number of carbonyl (C=O) groups excluding carboxylic acids is 1. The molecule has 4 fully saturated rings. The van der Waals surface area contributed by atoms with Crippen LogP contribution in [0.2, 0.25) is 0 Å². The molecule has 3 aromatic rings. The minimum absolute atomic E-state index is 0.0253. The first-order valence-electron chi connectivity index (χ1n) is 18.6. The molecule has 2 saturated heterocycles. The fraction of sp³-hybridized carbons (Fsp3) is 0.579. The summed E-state index contributed by atoms with van der Waals surface area (Å²) in [6.45, 7) is 6.21. The summed E-state index contributed by atoms with van der Waals surface area (Å²) in [5.74, 6) is -1.13. The van der Waals surface area contributed by atoms with Crippen LogP contribution in [-0.4, -0.2) is 81.4 Å². The number of ether oxygens (including phenoxy) is 2. The van der Waals surface area contributed by atoms with Crippen LogP contribution in [0.3, 0.4) is 0 Å². The summed E-state index contributed by atoms with van der Waals surface area (Å²) < 4.78 is 56.9. The fourth-order valence-electron chi connectivity index (χ4n) is 9.74. The minimum atomic E-state index is -5.01. The lowest BCUT2D eigenvalue weighted by Crippen LogP contribution is -2.57. The topological polar surface area (TPSA) is 143 Å². The third-order valence-electron chi connectivity index (χ3n) is 12.2. The number of aromatic nitrogens is 4. The molecule has 5 aliphatic rings. The largest absolute Gasteiger partial charge is 0.490 e. The van der Waals surface area contributed by atoms with Gasteiger partial charge in [0.2, 0.25) is 11.9 Å². The highest BCUT2D eigenvalue weighted by Crippen LogP contribution is 2.52. The number of nitrogens with one attached hydrogen (secondary N) is 1. The van der Waals surface area contributed by atoms with Crippen molar-refractivity contribution in [3.63, 3.8) is 0 Å². The van der Waals surface area contributed by atoms with E-state index in [0.29, 0.717) is 62.8 Å². The van der Waals surface area contributed by atoms with E-state index in [4.69, 9.17) is 9.47 Å². The molecule has 8 rings (SSSR count). The number of aryl methyl sites for hydroxylation is 1.